The van der Waals surface area contributed by atoms with Crippen LogP contribution in [0.4, 0.5) is 0 Å². The Labute approximate surface area is 121 Å². The fourth-order valence-electron chi connectivity index (χ4n) is 2.85. The number of thiazole rings is 1. The summed E-state index contributed by atoms with van der Waals surface area (Å²) in [5.41, 5.74) is 1.07. The number of aliphatic hydroxyl groups excluding tert-OH is 1. The van der Waals surface area contributed by atoms with Crippen molar-refractivity contribution >= 4 is 27.9 Å². The molecule has 6 heteroatoms. The van der Waals surface area contributed by atoms with Crippen LogP contribution < -0.4 is 0 Å². The molecule has 3 heterocycles. The van der Waals surface area contributed by atoms with E-state index in [9.17, 15) is 5.11 Å². The van der Waals surface area contributed by atoms with Crippen molar-refractivity contribution in [3.8, 4) is 0 Å². The van der Waals surface area contributed by atoms with E-state index in [0.717, 1.165) is 43.1 Å². The van der Waals surface area contributed by atoms with Gasteiger partial charge in [-0.15, -0.1) is 11.3 Å². The highest BCUT2D eigenvalue weighted by atomic mass is 35.5. The van der Waals surface area contributed by atoms with Crippen molar-refractivity contribution in [3.63, 3.8) is 0 Å². The lowest BCUT2D eigenvalue weighted by Gasteiger charge is -2.39. The van der Waals surface area contributed by atoms with Crippen molar-refractivity contribution < 1.29 is 5.11 Å². The molecule has 0 bridgehead atoms. The summed E-state index contributed by atoms with van der Waals surface area (Å²) in [6, 6.07) is 0. The topological polar surface area (TPSA) is 40.8 Å². The molecule has 19 heavy (non-hydrogen) atoms. The zero-order chi connectivity index (χ0) is 13.5. The lowest BCUT2D eigenvalue weighted by molar-refractivity contribution is 0.0423. The fourth-order valence-corrected chi connectivity index (χ4v) is 3.86. The minimum absolute atomic E-state index is 0.0170. The molecule has 1 aliphatic heterocycles. The summed E-state index contributed by atoms with van der Waals surface area (Å²) in [4.78, 5) is 7.68. The second kappa shape index (κ2) is 5.05. The summed E-state index contributed by atoms with van der Waals surface area (Å²) in [5, 5.41) is 12.1. The van der Waals surface area contributed by atoms with Crippen molar-refractivity contribution in [3.05, 3.63) is 22.4 Å². The molecule has 2 aromatic rings. The first-order chi connectivity index (χ1) is 9.11. The predicted molar refractivity (Wildman–Crippen MR) is 77.8 cm³/mol. The van der Waals surface area contributed by atoms with Gasteiger partial charge in [-0.3, -0.25) is 9.30 Å². The lowest BCUT2D eigenvalue weighted by atomic mass is 9.83. The van der Waals surface area contributed by atoms with Crippen LogP contribution in [0.25, 0.3) is 4.96 Å². The Morgan fingerprint density at radius 3 is 3.21 bits per heavy atom. The highest BCUT2D eigenvalue weighted by molar-refractivity contribution is 7.15. The van der Waals surface area contributed by atoms with Crippen LogP contribution >= 0.6 is 22.9 Å². The van der Waals surface area contributed by atoms with Gasteiger partial charge in [0.1, 0.15) is 0 Å². The molecule has 0 aromatic carbocycles. The Morgan fingerprint density at radius 1 is 1.58 bits per heavy atom. The van der Waals surface area contributed by atoms with Gasteiger partial charge in [-0.05, 0) is 19.4 Å². The summed E-state index contributed by atoms with van der Waals surface area (Å²) in [6.45, 7) is 5.17. The second-order valence-electron chi connectivity index (χ2n) is 5.69. The third-order valence-electron chi connectivity index (χ3n) is 3.93. The lowest BCUT2D eigenvalue weighted by Crippen LogP contribution is -2.43. The zero-order valence-electron chi connectivity index (χ0n) is 11.0. The number of imidazole rings is 1. The first kappa shape index (κ1) is 13.4. The molecule has 4 nitrogen and oxygen atoms in total. The molecule has 2 aromatic heterocycles. The molecule has 3 rings (SSSR count). The van der Waals surface area contributed by atoms with E-state index in [1.165, 1.54) is 0 Å². The summed E-state index contributed by atoms with van der Waals surface area (Å²) < 4.78 is 2.07. The van der Waals surface area contributed by atoms with E-state index in [2.05, 4.69) is 21.2 Å². The maximum Gasteiger partial charge on any atom is 0.195 e. The molecule has 0 saturated carbocycles. The molecule has 1 atom stereocenters. The van der Waals surface area contributed by atoms with Gasteiger partial charge in [0.05, 0.1) is 5.69 Å². The predicted octanol–water partition coefficient (Wildman–Crippen LogP) is 2.64. The van der Waals surface area contributed by atoms with E-state index in [4.69, 9.17) is 11.6 Å². The fraction of sp³-hybridized carbons (Fsp3) is 0.615. The number of rotatable bonds is 3. The van der Waals surface area contributed by atoms with Crippen molar-refractivity contribution in [2.75, 3.05) is 19.7 Å². The van der Waals surface area contributed by atoms with Gasteiger partial charge >= 0.3 is 0 Å². The average Bonchev–Trinajstić information content (AvgIpc) is 2.93. The van der Waals surface area contributed by atoms with Crippen LogP contribution in [0.15, 0.2) is 11.6 Å². The van der Waals surface area contributed by atoms with Crippen LogP contribution in [0, 0.1) is 5.41 Å². The maximum absolute atomic E-state index is 9.52. The maximum atomic E-state index is 9.52. The number of nitrogens with zero attached hydrogens (tertiary/aromatic N) is 3. The number of halogens is 1. The number of piperidine rings is 1. The summed E-state index contributed by atoms with van der Waals surface area (Å²) in [5.74, 6) is 0. The monoisotopic (exact) mass is 299 g/mol. The van der Waals surface area contributed by atoms with E-state index in [1.54, 1.807) is 11.3 Å². The number of hydrogen-bond acceptors (Lipinski definition) is 4. The van der Waals surface area contributed by atoms with Crippen LogP contribution in [0.5, 0.6) is 0 Å². The zero-order valence-corrected chi connectivity index (χ0v) is 12.5. The molecule has 104 valence electrons. The van der Waals surface area contributed by atoms with Crippen LogP contribution in [0.1, 0.15) is 25.5 Å². The van der Waals surface area contributed by atoms with Gasteiger partial charge in [-0.1, -0.05) is 18.5 Å². The van der Waals surface area contributed by atoms with Gasteiger partial charge in [0.2, 0.25) is 0 Å². The van der Waals surface area contributed by atoms with Gasteiger partial charge in [0.25, 0.3) is 0 Å². The van der Waals surface area contributed by atoms with Crippen molar-refractivity contribution in [1.29, 1.82) is 0 Å². The minimum Gasteiger partial charge on any atom is -0.396 e. The Morgan fingerprint density at radius 2 is 2.42 bits per heavy atom. The molecule has 0 amide bonds. The molecule has 1 saturated heterocycles. The SMILES string of the molecule is CC1(CO)CCCN(Cc2c(Cl)nc3sccn23)C1. The molecule has 1 unspecified atom stereocenters. The molecular weight excluding hydrogens is 282 g/mol. The first-order valence-electron chi connectivity index (χ1n) is 6.54. The molecule has 1 N–H and O–H groups in total. The quantitative estimate of drug-likeness (QED) is 0.947. The number of aromatic nitrogens is 2. The first-order valence-corrected chi connectivity index (χ1v) is 7.80. The summed E-state index contributed by atoms with van der Waals surface area (Å²) >= 11 is 7.83. The largest absolute Gasteiger partial charge is 0.396 e. The van der Waals surface area contributed by atoms with Gasteiger partial charge in [-0.25, -0.2) is 4.98 Å². The van der Waals surface area contributed by atoms with E-state index in [0.29, 0.717) is 5.15 Å². The van der Waals surface area contributed by atoms with Crippen molar-refractivity contribution in [2.24, 2.45) is 5.41 Å². The van der Waals surface area contributed by atoms with E-state index in [-0.39, 0.29) is 12.0 Å². The molecular formula is C13H18ClN3OS. The number of hydrogen-bond donors (Lipinski definition) is 1. The molecule has 0 radical (unpaired) electrons. The highest BCUT2D eigenvalue weighted by Crippen LogP contribution is 2.31. The van der Waals surface area contributed by atoms with E-state index < -0.39 is 0 Å². The molecule has 0 spiro atoms. The van der Waals surface area contributed by atoms with E-state index in [1.807, 2.05) is 11.6 Å². The Kier molecular flexibility index (Phi) is 3.55. The third kappa shape index (κ3) is 2.52. The Balaban J connectivity index is 1.81. The van der Waals surface area contributed by atoms with Gasteiger partial charge in [0.15, 0.2) is 10.1 Å². The Bertz CT molecular complexity index is 581. The number of fused-ring (bicyclic) bond motifs is 1. The second-order valence-corrected chi connectivity index (χ2v) is 6.92. The third-order valence-corrected chi connectivity index (χ3v) is 4.99. The number of aliphatic hydroxyl groups is 1. The van der Waals surface area contributed by atoms with Crippen molar-refractivity contribution in [1.82, 2.24) is 14.3 Å². The Hall–Kier alpha value is -0.620. The van der Waals surface area contributed by atoms with Crippen molar-refractivity contribution in [2.45, 2.75) is 26.3 Å². The molecule has 1 aliphatic rings. The van der Waals surface area contributed by atoms with Gasteiger partial charge < -0.3 is 5.11 Å². The summed E-state index contributed by atoms with van der Waals surface area (Å²) in [7, 11) is 0. The minimum atomic E-state index is 0.0170. The summed E-state index contributed by atoms with van der Waals surface area (Å²) in [6.07, 6.45) is 4.23. The normalized spacial score (nSPS) is 25.2. The van der Waals surface area contributed by atoms with Crippen LogP contribution in [-0.4, -0.2) is 39.1 Å². The average molecular weight is 300 g/mol. The highest BCUT2D eigenvalue weighted by Gasteiger charge is 2.31. The smallest absolute Gasteiger partial charge is 0.195 e. The standard InChI is InChI=1S/C13H18ClN3OS/c1-13(9-18)3-2-4-16(8-13)7-10-11(14)15-12-17(10)5-6-19-12/h5-6,18H,2-4,7-9H2,1H3. The number of likely N-dealkylation sites (tertiary alicyclic amines) is 1. The van der Waals surface area contributed by atoms with Crippen LogP contribution in [0.2, 0.25) is 5.15 Å². The van der Waals surface area contributed by atoms with E-state index >= 15 is 0 Å². The molecule has 1 fully saturated rings. The molecule has 0 aliphatic carbocycles. The van der Waals surface area contributed by atoms with Gasteiger partial charge in [-0.2, -0.15) is 0 Å². The van der Waals surface area contributed by atoms with Gasteiger partial charge in [0, 0.05) is 36.7 Å². The van der Waals surface area contributed by atoms with Crippen LogP contribution in [-0.2, 0) is 6.54 Å². The van der Waals surface area contributed by atoms with Crippen LogP contribution in [0.3, 0.4) is 0 Å².